The number of rotatable bonds is 4. The van der Waals surface area contributed by atoms with Crippen LogP contribution >= 0.6 is 24.0 Å². The van der Waals surface area contributed by atoms with E-state index in [1.54, 1.807) is 12.1 Å². The van der Waals surface area contributed by atoms with Crippen LogP contribution in [0, 0.1) is 10.1 Å². The minimum atomic E-state index is -1.49. The molecule has 1 aromatic rings. The number of nitro groups is 1. The Morgan fingerprint density at radius 3 is 2.20 bits per heavy atom. The molecule has 0 aliphatic rings. The third kappa shape index (κ3) is 6.44. The van der Waals surface area contributed by atoms with Gasteiger partial charge in [0.15, 0.2) is 0 Å². The molecule has 0 radical (unpaired) electrons. The number of halogens is 2. The fourth-order valence-corrected chi connectivity index (χ4v) is 3.26. The van der Waals surface area contributed by atoms with Crippen molar-refractivity contribution in [2.45, 2.75) is 25.7 Å². The summed E-state index contributed by atoms with van der Waals surface area (Å²) in [5.74, 6) is 8.00. The lowest BCUT2D eigenvalue weighted by Gasteiger charge is -2.16. The summed E-state index contributed by atoms with van der Waals surface area (Å²) < 4.78 is 0. The van der Waals surface area contributed by atoms with Gasteiger partial charge in [0.1, 0.15) is 5.56 Å². The first kappa shape index (κ1) is 21.3. The van der Waals surface area contributed by atoms with Crippen molar-refractivity contribution in [3.8, 4) is 0 Å². The molecule has 0 atom stereocenters. The first-order chi connectivity index (χ1) is 8.72. The predicted molar refractivity (Wildman–Crippen MR) is 86.0 cm³/mol. The van der Waals surface area contributed by atoms with E-state index in [9.17, 15) is 14.9 Å². The molecule has 0 fully saturated rings. The van der Waals surface area contributed by atoms with Gasteiger partial charge >= 0.3 is 0 Å². The van der Waals surface area contributed by atoms with Crippen molar-refractivity contribution < 1.29 is 9.72 Å². The number of para-hydroxylation sites is 1. The van der Waals surface area contributed by atoms with E-state index in [-0.39, 0.29) is 23.7 Å². The first-order valence-electron chi connectivity index (χ1n) is 5.52. The quantitative estimate of drug-likeness (QED) is 0.288. The van der Waals surface area contributed by atoms with Crippen molar-refractivity contribution in [2.24, 2.45) is 11.7 Å². The van der Waals surface area contributed by atoms with Crippen molar-refractivity contribution >= 4 is 43.0 Å². The van der Waals surface area contributed by atoms with Crippen LogP contribution in [-0.4, -0.2) is 18.2 Å². The van der Waals surface area contributed by atoms with Crippen LogP contribution in [-0.2, 0) is 6.04 Å². The molecule has 0 saturated heterocycles. The van der Waals surface area contributed by atoms with Crippen molar-refractivity contribution in [3.63, 3.8) is 0 Å². The van der Waals surface area contributed by atoms with E-state index in [2.05, 4.69) is 31.3 Å². The summed E-state index contributed by atoms with van der Waals surface area (Å²) in [6, 6.07) is 5.38. The van der Waals surface area contributed by atoms with Gasteiger partial charge in [-0.05, 0) is 23.7 Å². The lowest BCUT2D eigenvalue weighted by atomic mass is 10.1. The second-order valence-corrected chi connectivity index (χ2v) is 10.9. The Labute approximate surface area is 130 Å². The molecule has 0 aliphatic heterocycles. The number of hydrazine groups is 1. The number of carbonyl (C=O) groups is 1. The van der Waals surface area contributed by atoms with Gasteiger partial charge in [-0.3, -0.25) is 26.6 Å². The average molecular weight is 340 g/mol. The van der Waals surface area contributed by atoms with Crippen molar-refractivity contribution in [1.29, 1.82) is 0 Å². The molecular weight excluding hydrogens is 321 g/mol. The van der Waals surface area contributed by atoms with Gasteiger partial charge in [-0.1, -0.05) is 31.8 Å². The predicted octanol–water partition coefficient (Wildman–Crippen LogP) is 2.63. The van der Waals surface area contributed by atoms with Gasteiger partial charge in [-0.2, -0.15) is 0 Å². The fraction of sp³-hybridized carbons (Fsp3) is 0.364. The van der Waals surface area contributed by atoms with Crippen LogP contribution in [0.15, 0.2) is 18.2 Å². The molecule has 0 saturated carbocycles. The Bertz CT molecular complexity index is 478. The average Bonchev–Trinajstić information content (AvgIpc) is 2.28. The summed E-state index contributed by atoms with van der Waals surface area (Å²) >= 11 is 5.36. The van der Waals surface area contributed by atoms with E-state index in [0.29, 0.717) is 11.6 Å². The molecule has 4 N–H and O–H groups in total. The lowest BCUT2D eigenvalue weighted by Crippen LogP contribution is -2.24. The summed E-state index contributed by atoms with van der Waals surface area (Å²) in [6.07, 6.45) is 0. The third-order valence-corrected chi connectivity index (χ3v) is 3.88. The fourth-order valence-electron chi connectivity index (χ4n) is 1.68. The van der Waals surface area contributed by atoms with Crippen LogP contribution in [0.3, 0.4) is 0 Å². The van der Waals surface area contributed by atoms with E-state index < -0.39 is 18.2 Å². The Hall–Kier alpha value is -0.993. The number of carbonyl (C=O) groups excluding carboxylic acids is 1. The van der Waals surface area contributed by atoms with Gasteiger partial charge < -0.3 is 0 Å². The standard InChI is InChI=1S/C11H14ClNO3Si.ClH.H4N2/c1-17(2,3)7-8-5-4-6-9(11(12)14)10(8)13(15)16;;1-2/h4-6H,7H2,1-3H3;1H;1-2H2. The second kappa shape index (κ2) is 9.04. The zero-order valence-electron chi connectivity index (χ0n) is 11.6. The molecule has 9 heteroatoms. The molecule has 20 heavy (non-hydrogen) atoms. The monoisotopic (exact) mass is 339 g/mol. The van der Waals surface area contributed by atoms with Crippen LogP contribution in [0.25, 0.3) is 0 Å². The molecule has 0 aliphatic carbocycles. The number of nitrogens with zero attached hydrogens (tertiary/aromatic N) is 1. The molecule has 0 unspecified atom stereocenters. The van der Waals surface area contributed by atoms with E-state index in [1.165, 1.54) is 6.07 Å². The largest absolute Gasteiger partial charge is 0.284 e. The molecule has 0 spiro atoms. The molecule has 0 heterocycles. The van der Waals surface area contributed by atoms with E-state index >= 15 is 0 Å². The molecule has 1 aromatic carbocycles. The Morgan fingerprint density at radius 2 is 1.85 bits per heavy atom. The van der Waals surface area contributed by atoms with Crippen LogP contribution in [0.5, 0.6) is 0 Å². The Kier molecular flexibility index (Phi) is 9.63. The summed E-state index contributed by atoms with van der Waals surface area (Å²) in [4.78, 5) is 21.7. The molecule has 1 rings (SSSR count). The van der Waals surface area contributed by atoms with E-state index in [0.717, 1.165) is 0 Å². The highest BCUT2D eigenvalue weighted by atomic mass is 35.5. The first-order valence-corrected chi connectivity index (χ1v) is 9.60. The van der Waals surface area contributed by atoms with Gasteiger partial charge in [0, 0.05) is 13.6 Å². The molecule has 0 bridgehead atoms. The van der Waals surface area contributed by atoms with Crippen LogP contribution < -0.4 is 11.7 Å². The summed E-state index contributed by atoms with van der Waals surface area (Å²) in [6.45, 7) is 6.35. The lowest BCUT2D eigenvalue weighted by molar-refractivity contribution is -0.385. The van der Waals surface area contributed by atoms with Gasteiger partial charge in [0.25, 0.3) is 10.9 Å². The summed E-state index contributed by atoms with van der Waals surface area (Å²) in [7, 11) is -1.49. The number of hydrogen-bond acceptors (Lipinski definition) is 5. The summed E-state index contributed by atoms with van der Waals surface area (Å²) in [5.41, 5.74) is 0.433. The van der Waals surface area contributed by atoms with Crippen molar-refractivity contribution in [1.82, 2.24) is 0 Å². The highest BCUT2D eigenvalue weighted by molar-refractivity contribution is 6.75. The van der Waals surface area contributed by atoms with E-state index in [4.69, 9.17) is 11.6 Å². The maximum Gasteiger partial charge on any atom is 0.284 e. The van der Waals surface area contributed by atoms with Crippen LogP contribution in [0.1, 0.15) is 15.9 Å². The third-order valence-electron chi connectivity index (χ3n) is 2.23. The smallest absolute Gasteiger partial charge is 0.275 e. The number of benzene rings is 1. The maximum atomic E-state index is 11.2. The van der Waals surface area contributed by atoms with Gasteiger partial charge in [-0.15, -0.1) is 12.4 Å². The molecule has 0 amide bonds. The number of hydrogen-bond donors (Lipinski definition) is 2. The Morgan fingerprint density at radius 1 is 1.35 bits per heavy atom. The highest BCUT2D eigenvalue weighted by Gasteiger charge is 2.26. The molecule has 114 valence electrons. The minimum absolute atomic E-state index is 0. The SMILES string of the molecule is C[Si](C)(C)Cc1cccc(C(=O)Cl)c1[N+](=O)[O-].Cl.NN. The maximum absolute atomic E-state index is 11.2. The van der Waals surface area contributed by atoms with Crippen molar-refractivity contribution in [2.75, 3.05) is 0 Å². The van der Waals surface area contributed by atoms with Gasteiger partial charge in [0.2, 0.25) is 0 Å². The van der Waals surface area contributed by atoms with Crippen LogP contribution in [0.2, 0.25) is 19.6 Å². The number of nitrogens with two attached hydrogens (primary N) is 2. The van der Waals surface area contributed by atoms with Gasteiger partial charge in [-0.25, -0.2) is 0 Å². The molecule has 6 nitrogen and oxygen atoms in total. The Balaban J connectivity index is 0. The zero-order valence-corrected chi connectivity index (χ0v) is 14.1. The van der Waals surface area contributed by atoms with E-state index in [1.807, 2.05) is 0 Å². The molecule has 0 aromatic heterocycles. The van der Waals surface area contributed by atoms with Crippen LogP contribution in [0.4, 0.5) is 5.69 Å². The highest BCUT2D eigenvalue weighted by Crippen LogP contribution is 2.27. The van der Waals surface area contributed by atoms with Gasteiger partial charge in [0.05, 0.1) is 4.92 Å². The van der Waals surface area contributed by atoms with Crippen molar-refractivity contribution in [3.05, 3.63) is 39.4 Å². The molecular formula is C11H19Cl2N3O3Si. The second-order valence-electron chi connectivity index (χ2n) is 5.08. The minimum Gasteiger partial charge on any atom is -0.275 e. The topological polar surface area (TPSA) is 112 Å². The zero-order chi connectivity index (χ0) is 15.2. The normalized spacial score (nSPS) is 9.90. The summed E-state index contributed by atoms with van der Waals surface area (Å²) in [5, 5.41) is 10.3. The number of nitro benzene ring substituents is 1.